The Bertz CT molecular complexity index is 1150. The molecule has 0 saturated carbocycles. The Balaban J connectivity index is 1.83. The molecule has 3 rings (SSSR count). The maximum absolute atomic E-state index is 12.6. The number of hydrogen-bond acceptors (Lipinski definition) is 3. The molecule has 0 heterocycles. The third kappa shape index (κ3) is 4.89. The van der Waals surface area contributed by atoms with Crippen LogP contribution in [0.3, 0.4) is 0 Å². The minimum Gasteiger partial charge on any atom is -0.322 e. The van der Waals surface area contributed by atoms with E-state index in [0.717, 1.165) is 27.9 Å². The lowest BCUT2D eigenvalue weighted by atomic mass is 10.1. The molecule has 1 N–H and O–H groups in total. The third-order valence-electron chi connectivity index (χ3n) is 5.02. The summed E-state index contributed by atoms with van der Waals surface area (Å²) in [7, 11) is -3.48. The van der Waals surface area contributed by atoms with E-state index in [9.17, 15) is 13.2 Å². The molecule has 3 aromatic rings. The molecule has 0 saturated heterocycles. The Hall–Kier alpha value is -3.12. The lowest BCUT2D eigenvalue weighted by Crippen LogP contribution is -2.30. The molecular formula is C24H26N2O3S. The monoisotopic (exact) mass is 422 g/mol. The Labute approximate surface area is 178 Å². The molecule has 5 nitrogen and oxygen atoms in total. The van der Waals surface area contributed by atoms with Crippen molar-refractivity contribution in [2.24, 2.45) is 0 Å². The highest BCUT2D eigenvalue weighted by molar-refractivity contribution is 7.92. The SMILES string of the molecule is Cc1ccccc1NC(=O)c1ccc(CN(c2c(C)cccc2C)S(C)(=O)=O)cc1. The Morgan fingerprint density at radius 1 is 0.833 bits per heavy atom. The molecule has 0 atom stereocenters. The summed E-state index contributed by atoms with van der Waals surface area (Å²) in [6, 6.07) is 20.3. The zero-order valence-corrected chi connectivity index (χ0v) is 18.5. The number of para-hydroxylation sites is 2. The molecule has 30 heavy (non-hydrogen) atoms. The van der Waals surface area contributed by atoms with Crippen molar-refractivity contribution in [1.29, 1.82) is 0 Å². The van der Waals surface area contributed by atoms with Gasteiger partial charge in [0.1, 0.15) is 0 Å². The normalized spacial score (nSPS) is 11.2. The summed E-state index contributed by atoms with van der Waals surface area (Å²) in [5.74, 6) is -0.203. The summed E-state index contributed by atoms with van der Waals surface area (Å²) in [5, 5.41) is 2.91. The van der Waals surface area contributed by atoms with E-state index < -0.39 is 10.0 Å². The molecule has 6 heteroatoms. The van der Waals surface area contributed by atoms with Crippen LogP contribution in [0.5, 0.6) is 0 Å². The van der Waals surface area contributed by atoms with Crippen LogP contribution in [0, 0.1) is 20.8 Å². The number of carbonyl (C=O) groups is 1. The van der Waals surface area contributed by atoms with Gasteiger partial charge in [0, 0.05) is 11.3 Å². The zero-order chi connectivity index (χ0) is 21.9. The molecule has 0 fully saturated rings. The number of benzene rings is 3. The lowest BCUT2D eigenvalue weighted by molar-refractivity contribution is 0.102. The van der Waals surface area contributed by atoms with Crippen molar-refractivity contribution in [2.45, 2.75) is 27.3 Å². The average Bonchev–Trinajstić information content (AvgIpc) is 2.68. The first-order valence-electron chi connectivity index (χ1n) is 9.66. The van der Waals surface area contributed by atoms with Crippen molar-refractivity contribution < 1.29 is 13.2 Å². The van der Waals surface area contributed by atoms with Crippen LogP contribution in [0.1, 0.15) is 32.6 Å². The average molecular weight is 423 g/mol. The molecular weight excluding hydrogens is 396 g/mol. The minimum absolute atomic E-state index is 0.199. The number of sulfonamides is 1. The molecule has 1 amide bonds. The van der Waals surface area contributed by atoms with E-state index in [-0.39, 0.29) is 12.5 Å². The molecule has 0 bridgehead atoms. The van der Waals surface area contributed by atoms with Crippen molar-refractivity contribution >= 4 is 27.3 Å². The van der Waals surface area contributed by atoms with Gasteiger partial charge in [-0.1, -0.05) is 48.5 Å². The van der Waals surface area contributed by atoms with Gasteiger partial charge in [0.2, 0.25) is 10.0 Å². The van der Waals surface area contributed by atoms with Crippen LogP contribution >= 0.6 is 0 Å². The first-order chi connectivity index (χ1) is 14.2. The number of carbonyl (C=O) groups excluding carboxylic acids is 1. The summed E-state index contributed by atoms with van der Waals surface area (Å²) in [6.07, 6.45) is 1.21. The van der Waals surface area contributed by atoms with Crippen LogP contribution in [-0.2, 0) is 16.6 Å². The summed E-state index contributed by atoms with van der Waals surface area (Å²) in [5.41, 5.74) is 5.56. The van der Waals surface area contributed by atoms with Gasteiger partial charge in [0.25, 0.3) is 5.91 Å². The second kappa shape index (κ2) is 8.71. The second-order valence-corrected chi connectivity index (χ2v) is 9.38. The van der Waals surface area contributed by atoms with Crippen LogP contribution in [0.25, 0.3) is 0 Å². The Morgan fingerprint density at radius 3 is 1.97 bits per heavy atom. The molecule has 0 aromatic heterocycles. The van der Waals surface area contributed by atoms with E-state index >= 15 is 0 Å². The summed E-state index contributed by atoms with van der Waals surface area (Å²) >= 11 is 0. The van der Waals surface area contributed by atoms with Gasteiger partial charge >= 0.3 is 0 Å². The fourth-order valence-electron chi connectivity index (χ4n) is 3.40. The number of anilines is 2. The minimum atomic E-state index is -3.48. The van der Waals surface area contributed by atoms with Gasteiger partial charge in [-0.2, -0.15) is 0 Å². The van der Waals surface area contributed by atoms with Crippen molar-refractivity contribution in [1.82, 2.24) is 0 Å². The van der Waals surface area contributed by atoms with Gasteiger partial charge < -0.3 is 5.32 Å². The van der Waals surface area contributed by atoms with Crippen molar-refractivity contribution in [3.05, 3.63) is 94.5 Å². The summed E-state index contributed by atoms with van der Waals surface area (Å²) < 4.78 is 26.4. The van der Waals surface area contributed by atoms with Crippen molar-refractivity contribution in [2.75, 3.05) is 15.9 Å². The van der Waals surface area contributed by atoms with Gasteiger partial charge in [-0.05, 0) is 61.2 Å². The van der Waals surface area contributed by atoms with Gasteiger partial charge in [-0.25, -0.2) is 8.42 Å². The zero-order valence-electron chi connectivity index (χ0n) is 17.6. The van der Waals surface area contributed by atoms with E-state index in [1.807, 2.05) is 63.2 Å². The molecule has 0 unspecified atom stereocenters. The van der Waals surface area contributed by atoms with E-state index in [4.69, 9.17) is 0 Å². The molecule has 0 aliphatic carbocycles. The topological polar surface area (TPSA) is 66.5 Å². The second-order valence-electron chi connectivity index (χ2n) is 7.48. The van der Waals surface area contributed by atoms with Crippen molar-refractivity contribution in [3.63, 3.8) is 0 Å². The van der Waals surface area contributed by atoms with Gasteiger partial charge in [-0.15, -0.1) is 0 Å². The first kappa shape index (κ1) is 21.6. The van der Waals surface area contributed by atoms with E-state index in [2.05, 4.69) is 5.32 Å². The van der Waals surface area contributed by atoms with Crippen LogP contribution in [0.4, 0.5) is 11.4 Å². The Morgan fingerprint density at radius 2 is 1.40 bits per heavy atom. The molecule has 3 aromatic carbocycles. The van der Waals surface area contributed by atoms with E-state index in [1.54, 1.807) is 24.3 Å². The number of nitrogens with zero attached hydrogens (tertiary/aromatic N) is 1. The van der Waals surface area contributed by atoms with Gasteiger partial charge in [0.05, 0.1) is 18.5 Å². The number of rotatable bonds is 6. The highest BCUT2D eigenvalue weighted by Crippen LogP contribution is 2.28. The number of nitrogens with one attached hydrogen (secondary N) is 1. The van der Waals surface area contributed by atoms with Crippen LogP contribution in [0.2, 0.25) is 0 Å². The third-order valence-corrected chi connectivity index (χ3v) is 6.14. The van der Waals surface area contributed by atoms with Crippen molar-refractivity contribution in [3.8, 4) is 0 Å². The smallest absolute Gasteiger partial charge is 0.255 e. The lowest BCUT2D eigenvalue weighted by Gasteiger charge is -2.26. The maximum atomic E-state index is 12.6. The molecule has 0 radical (unpaired) electrons. The Kier molecular flexibility index (Phi) is 6.27. The predicted octanol–water partition coefficient (Wildman–Crippen LogP) is 4.83. The van der Waals surface area contributed by atoms with Gasteiger partial charge in [0.15, 0.2) is 0 Å². The van der Waals surface area contributed by atoms with Crippen LogP contribution in [0.15, 0.2) is 66.7 Å². The number of hydrogen-bond donors (Lipinski definition) is 1. The highest BCUT2D eigenvalue weighted by atomic mass is 32.2. The molecule has 156 valence electrons. The summed E-state index contributed by atoms with van der Waals surface area (Å²) in [6.45, 7) is 5.94. The van der Waals surface area contributed by atoms with Gasteiger partial charge in [-0.3, -0.25) is 9.10 Å². The van der Waals surface area contributed by atoms with Crippen LogP contribution < -0.4 is 9.62 Å². The number of amides is 1. The fourth-order valence-corrected chi connectivity index (χ4v) is 4.40. The predicted molar refractivity (Wildman–Crippen MR) is 123 cm³/mol. The number of aryl methyl sites for hydroxylation is 3. The quantitative estimate of drug-likeness (QED) is 0.619. The highest BCUT2D eigenvalue weighted by Gasteiger charge is 2.21. The first-order valence-corrected chi connectivity index (χ1v) is 11.5. The fraction of sp³-hybridized carbons (Fsp3) is 0.208. The maximum Gasteiger partial charge on any atom is 0.255 e. The largest absolute Gasteiger partial charge is 0.322 e. The van der Waals surface area contributed by atoms with E-state index in [0.29, 0.717) is 11.3 Å². The summed E-state index contributed by atoms with van der Waals surface area (Å²) in [4.78, 5) is 12.6. The molecule has 0 aliphatic rings. The van der Waals surface area contributed by atoms with Crippen LogP contribution in [-0.4, -0.2) is 20.6 Å². The standard InChI is InChI=1S/C24H26N2O3S/c1-17-8-5-6-11-22(17)25-24(27)21-14-12-20(13-15-21)16-26(30(4,28)29)23-18(2)9-7-10-19(23)3/h5-15H,16H2,1-4H3,(H,25,27). The van der Waals surface area contributed by atoms with E-state index in [1.165, 1.54) is 10.6 Å². The molecule has 0 spiro atoms. The molecule has 0 aliphatic heterocycles.